The van der Waals surface area contributed by atoms with Crippen LogP contribution in [0.15, 0.2) is 29.3 Å². The highest BCUT2D eigenvalue weighted by Gasteiger charge is 2.04. The molecule has 6 heteroatoms. The molecule has 114 valence electrons. The Labute approximate surface area is 137 Å². The number of nitrogens with zero attached hydrogens (tertiary/aromatic N) is 1. The maximum absolute atomic E-state index is 13.0. The van der Waals surface area contributed by atoms with E-state index in [0.29, 0.717) is 18.3 Å². The van der Waals surface area contributed by atoms with Gasteiger partial charge in [-0.2, -0.15) is 0 Å². The summed E-state index contributed by atoms with van der Waals surface area (Å²) in [5.74, 6) is 0.609. The number of nitrogens with two attached hydrogens (primary N) is 1. The molecule has 1 atom stereocenters. The molecule has 0 aliphatic heterocycles. The van der Waals surface area contributed by atoms with Crippen molar-refractivity contribution in [2.24, 2.45) is 10.7 Å². The first-order valence-corrected chi connectivity index (χ1v) is 6.57. The summed E-state index contributed by atoms with van der Waals surface area (Å²) >= 11 is 0. The molecular formula is C14H23FIN3O. The van der Waals surface area contributed by atoms with Gasteiger partial charge in [0.25, 0.3) is 0 Å². The fourth-order valence-corrected chi connectivity index (χ4v) is 1.49. The number of hydrogen-bond acceptors (Lipinski definition) is 2. The average molecular weight is 395 g/mol. The van der Waals surface area contributed by atoms with Crippen molar-refractivity contribution in [1.82, 2.24) is 5.32 Å². The molecular weight excluding hydrogens is 372 g/mol. The lowest BCUT2D eigenvalue weighted by molar-refractivity contribution is 0.229. The summed E-state index contributed by atoms with van der Waals surface area (Å²) in [6, 6.07) is 6.06. The minimum Gasteiger partial charge on any atom is -0.489 e. The van der Waals surface area contributed by atoms with E-state index in [0.717, 1.165) is 19.4 Å². The second-order valence-corrected chi connectivity index (χ2v) is 4.39. The van der Waals surface area contributed by atoms with Gasteiger partial charge in [-0.15, -0.1) is 24.0 Å². The molecule has 0 fully saturated rings. The topological polar surface area (TPSA) is 59.6 Å². The third kappa shape index (κ3) is 8.19. The van der Waals surface area contributed by atoms with Crippen LogP contribution in [0.5, 0.6) is 5.75 Å². The van der Waals surface area contributed by atoms with Crippen LogP contribution in [-0.4, -0.2) is 25.2 Å². The third-order valence-corrected chi connectivity index (χ3v) is 2.49. The zero-order valence-electron chi connectivity index (χ0n) is 11.9. The van der Waals surface area contributed by atoms with Gasteiger partial charge in [0.1, 0.15) is 17.7 Å². The molecule has 0 saturated carbocycles. The van der Waals surface area contributed by atoms with E-state index in [1.165, 1.54) is 12.1 Å². The Morgan fingerprint density at radius 2 is 2.25 bits per heavy atom. The van der Waals surface area contributed by atoms with Gasteiger partial charge in [-0.3, -0.25) is 0 Å². The number of nitrogens with one attached hydrogen (secondary N) is 1. The number of ether oxygens (including phenoxy) is 1. The first-order chi connectivity index (χ1) is 9.11. The number of unbranched alkanes of at least 4 members (excludes halogenated alkanes) is 1. The van der Waals surface area contributed by atoms with Crippen molar-refractivity contribution in [1.29, 1.82) is 0 Å². The maximum atomic E-state index is 13.0. The van der Waals surface area contributed by atoms with Gasteiger partial charge in [0.05, 0.1) is 6.54 Å². The van der Waals surface area contributed by atoms with Gasteiger partial charge in [0.2, 0.25) is 0 Å². The van der Waals surface area contributed by atoms with Gasteiger partial charge in [-0.05, 0) is 25.5 Å². The molecule has 1 aromatic rings. The van der Waals surface area contributed by atoms with Crippen molar-refractivity contribution in [3.63, 3.8) is 0 Å². The van der Waals surface area contributed by atoms with Gasteiger partial charge >= 0.3 is 0 Å². The Hall–Kier alpha value is -1.05. The molecule has 0 aromatic heterocycles. The lowest BCUT2D eigenvalue weighted by Gasteiger charge is -2.13. The molecule has 0 saturated heterocycles. The van der Waals surface area contributed by atoms with E-state index in [1.807, 2.05) is 6.92 Å². The number of rotatable bonds is 7. The summed E-state index contributed by atoms with van der Waals surface area (Å²) in [4.78, 5) is 4.18. The standard InChI is InChI=1S/C14H22FN3O.HI/c1-3-4-8-17-14(16)18-10-11(2)19-13-7-5-6-12(15)9-13;/h5-7,9,11H,3-4,8,10H2,1-2H3,(H3,16,17,18);1H. The van der Waals surface area contributed by atoms with Crippen LogP contribution in [0.25, 0.3) is 0 Å². The summed E-state index contributed by atoms with van der Waals surface area (Å²) in [5.41, 5.74) is 5.70. The van der Waals surface area contributed by atoms with Crippen LogP contribution in [0.2, 0.25) is 0 Å². The quantitative estimate of drug-likeness (QED) is 0.323. The van der Waals surface area contributed by atoms with Gasteiger partial charge in [0, 0.05) is 12.6 Å². The fraction of sp³-hybridized carbons (Fsp3) is 0.500. The summed E-state index contributed by atoms with van der Waals surface area (Å²) in [5, 5.41) is 3.02. The van der Waals surface area contributed by atoms with Crippen LogP contribution < -0.4 is 15.8 Å². The normalized spacial score (nSPS) is 12.4. The molecule has 0 aliphatic rings. The number of hydrogen-bond donors (Lipinski definition) is 2. The average Bonchev–Trinajstić information content (AvgIpc) is 2.37. The lowest BCUT2D eigenvalue weighted by Crippen LogP contribution is -2.33. The number of halogens is 2. The molecule has 1 aromatic carbocycles. The van der Waals surface area contributed by atoms with E-state index in [-0.39, 0.29) is 35.9 Å². The van der Waals surface area contributed by atoms with Crippen LogP contribution in [0.4, 0.5) is 4.39 Å². The van der Waals surface area contributed by atoms with E-state index >= 15 is 0 Å². The first-order valence-electron chi connectivity index (χ1n) is 6.57. The summed E-state index contributed by atoms with van der Waals surface area (Å²) in [6.07, 6.45) is 2.01. The Balaban J connectivity index is 0.00000361. The molecule has 0 aliphatic carbocycles. The highest BCUT2D eigenvalue weighted by molar-refractivity contribution is 14.0. The van der Waals surface area contributed by atoms with E-state index in [1.54, 1.807) is 12.1 Å². The Morgan fingerprint density at radius 1 is 1.50 bits per heavy atom. The fourth-order valence-electron chi connectivity index (χ4n) is 1.49. The van der Waals surface area contributed by atoms with Crippen molar-refractivity contribution in [3.8, 4) is 5.75 Å². The minimum atomic E-state index is -0.311. The van der Waals surface area contributed by atoms with Crippen molar-refractivity contribution in [2.45, 2.75) is 32.8 Å². The molecule has 20 heavy (non-hydrogen) atoms. The smallest absolute Gasteiger partial charge is 0.188 e. The number of guanidine groups is 1. The molecule has 1 unspecified atom stereocenters. The zero-order chi connectivity index (χ0) is 14.1. The Bertz CT molecular complexity index is 415. The molecule has 0 radical (unpaired) electrons. The van der Waals surface area contributed by atoms with Crippen LogP contribution >= 0.6 is 24.0 Å². The SMILES string of the molecule is CCCCNC(N)=NCC(C)Oc1cccc(F)c1.I. The van der Waals surface area contributed by atoms with Crippen LogP contribution in [0.1, 0.15) is 26.7 Å². The van der Waals surface area contributed by atoms with Gasteiger partial charge in [-0.25, -0.2) is 9.38 Å². The van der Waals surface area contributed by atoms with E-state index in [4.69, 9.17) is 10.5 Å². The Kier molecular flexibility index (Phi) is 10.1. The number of benzene rings is 1. The predicted molar refractivity (Wildman–Crippen MR) is 91.3 cm³/mol. The molecule has 1 rings (SSSR count). The lowest BCUT2D eigenvalue weighted by atomic mass is 10.3. The summed E-state index contributed by atoms with van der Waals surface area (Å²) in [7, 11) is 0. The van der Waals surface area contributed by atoms with E-state index in [2.05, 4.69) is 17.2 Å². The third-order valence-electron chi connectivity index (χ3n) is 2.49. The summed E-state index contributed by atoms with van der Waals surface area (Å²) < 4.78 is 18.5. The first kappa shape index (κ1) is 18.9. The van der Waals surface area contributed by atoms with Crippen LogP contribution in [0, 0.1) is 5.82 Å². The van der Waals surface area contributed by atoms with Crippen LogP contribution in [0.3, 0.4) is 0 Å². The molecule has 0 heterocycles. The van der Waals surface area contributed by atoms with Gasteiger partial charge in [0.15, 0.2) is 5.96 Å². The minimum absolute atomic E-state index is 0. The van der Waals surface area contributed by atoms with Crippen molar-refractivity contribution >= 4 is 29.9 Å². The van der Waals surface area contributed by atoms with Crippen molar-refractivity contribution in [2.75, 3.05) is 13.1 Å². The van der Waals surface area contributed by atoms with E-state index in [9.17, 15) is 4.39 Å². The van der Waals surface area contributed by atoms with Crippen molar-refractivity contribution in [3.05, 3.63) is 30.1 Å². The summed E-state index contributed by atoms with van der Waals surface area (Å²) in [6.45, 7) is 5.24. The van der Waals surface area contributed by atoms with Crippen LogP contribution in [-0.2, 0) is 0 Å². The molecule has 0 amide bonds. The largest absolute Gasteiger partial charge is 0.489 e. The van der Waals surface area contributed by atoms with E-state index < -0.39 is 0 Å². The second-order valence-electron chi connectivity index (χ2n) is 4.39. The van der Waals surface area contributed by atoms with Crippen molar-refractivity contribution < 1.29 is 9.13 Å². The molecule has 4 nitrogen and oxygen atoms in total. The number of aliphatic imine (C=N–C) groups is 1. The Morgan fingerprint density at radius 3 is 2.90 bits per heavy atom. The zero-order valence-corrected chi connectivity index (χ0v) is 14.3. The second kappa shape index (κ2) is 10.7. The predicted octanol–water partition coefficient (Wildman–Crippen LogP) is 2.92. The van der Waals surface area contributed by atoms with Gasteiger partial charge < -0.3 is 15.8 Å². The van der Waals surface area contributed by atoms with Gasteiger partial charge in [-0.1, -0.05) is 19.4 Å². The highest BCUT2D eigenvalue weighted by Crippen LogP contribution is 2.13. The molecule has 0 spiro atoms. The highest BCUT2D eigenvalue weighted by atomic mass is 127. The molecule has 3 N–H and O–H groups in total. The molecule has 0 bridgehead atoms. The maximum Gasteiger partial charge on any atom is 0.188 e. The monoisotopic (exact) mass is 395 g/mol.